The molecule has 0 aliphatic rings. The van der Waals surface area contributed by atoms with E-state index in [9.17, 15) is 38.0 Å². The van der Waals surface area contributed by atoms with Crippen LogP contribution in [0.4, 0.5) is 14.9 Å². The number of urea groups is 1. The normalized spacial score (nSPS) is 13.2. The number of carbonyl (C=O) groups is 7. The third kappa shape index (κ3) is 13.7. The smallest absolute Gasteiger partial charge is 0.312 e. The van der Waals surface area contributed by atoms with Crippen LogP contribution in [0.15, 0.2) is 48.5 Å². The molecule has 48 heavy (non-hydrogen) atoms. The minimum atomic E-state index is -1.18. The van der Waals surface area contributed by atoms with E-state index >= 15 is 0 Å². The Morgan fingerprint density at radius 2 is 1.62 bits per heavy atom. The van der Waals surface area contributed by atoms with E-state index in [1.54, 1.807) is 38.1 Å². The van der Waals surface area contributed by atoms with E-state index in [1.165, 1.54) is 12.1 Å². The number of rotatable bonds is 20. The summed E-state index contributed by atoms with van der Waals surface area (Å²) in [6, 6.07) is 9.44. The Balaban J connectivity index is 2.10. The number of primary amides is 1. The van der Waals surface area contributed by atoms with E-state index in [2.05, 4.69) is 26.0 Å². The van der Waals surface area contributed by atoms with Crippen molar-refractivity contribution in [2.45, 2.75) is 65.0 Å². The molecule has 14 heteroatoms. The summed E-state index contributed by atoms with van der Waals surface area (Å²) in [5.41, 5.74) is 6.31. The number of Topliss-reactive ketones (excluding diaryl/α,β-unsaturated/α-hetero) is 2. The molecule has 0 bridgehead atoms. The van der Waals surface area contributed by atoms with Gasteiger partial charge in [-0.25, -0.2) is 9.18 Å². The highest BCUT2D eigenvalue weighted by molar-refractivity contribution is 5.99. The molecule has 2 aromatic rings. The first kappa shape index (κ1) is 35.7. The summed E-state index contributed by atoms with van der Waals surface area (Å²) in [6.07, 6.45) is -1.46. The summed E-state index contributed by atoms with van der Waals surface area (Å²) >= 11 is 0. The van der Waals surface area contributed by atoms with Gasteiger partial charge in [-0.1, -0.05) is 26.0 Å². The van der Waals surface area contributed by atoms with Crippen LogP contribution in [0.25, 0.3) is 0 Å². The second-order valence-corrected chi connectivity index (χ2v) is 11.6. The molecule has 0 spiro atoms. The van der Waals surface area contributed by atoms with Gasteiger partial charge < -0.3 is 31.7 Å². The maximum absolute atomic E-state index is 13.6. The van der Waals surface area contributed by atoms with Crippen molar-refractivity contribution in [1.29, 1.82) is 0 Å². The van der Waals surface area contributed by atoms with Crippen LogP contribution in [-0.4, -0.2) is 61.4 Å². The minimum absolute atomic E-state index is 0.0637. The Morgan fingerprint density at radius 3 is 2.23 bits per heavy atom. The van der Waals surface area contributed by atoms with Gasteiger partial charge in [0.2, 0.25) is 17.7 Å². The first-order valence-corrected chi connectivity index (χ1v) is 15.4. The molecular weight excluding hydrogens is 625 g/mol. The number of benzene rings is 2. The number of halogens is 1. The van der Waals surface area contributed by atoms with E-state index in [0.717, 1.165) is 12.1 Å². The van der Waals surface area contributed by atoms with Gasteiger partial charge in [0.05, 0.1) is 6.04 Å². The lowest BCUT2D eigenvalue weighted by atomic mass is 9.89. The van der Waals surface area contributed by atoms with Crippen LogP contribution in [0.1, 0.15) is 71.0 Å². The van der Waals surface area contributed by atoms with E-state index in [0.29, 0.717) is 17.7 Å². The Kier molecular flexibility index (Phi) is 15.0. The zero-order valence-corrected chi connectivity index (χ0v) is 27.0. The highest BCUT2D eigenvalue weighted by atomic mass is 19.1. The highest BCUT2D eigenvalue weighted by Gasteiger charge is 2.30. The molecule has 0 heterocycles. The van der Waals surface area contributed by atoms with Crippen molar-refractivity contribution in [2.75, 3.05) is 18.9 Å². The maximum atomic E-state index is 13.6. The highest BCUT2D eigenvalue weighted by Crippen LogP contribution is 2.21. The molecule has 260 valence electrons. The van der Waals surface area contributed by atoms with Crippen molar-refractivity contribution in [3.8, 4) is 0 Å². The first-order valence-electron chi connectivity index (χ1n) is 16.6. The quantitative estimate of drug-likeness (QED) is 0.0803. The fraction of sp³-hybridized carbons (Fsp3) is 0.441. The molecule has 3 atom stereocenters. The number of hydrogen-bond acceptors (Lipinski definition) is 8. The lowest BCUT2D eigenvalue weighted by molar-refractivity contribution is -0.131. The van der Waals surface area contributed by atoms with Crippen LogP contribution in [0.2, 0.25) is 0 Å². The molecule has 0 aliphatic carbocycles. The van der Waals surface area contributed by atoms with E-state index in [1.807, 2.05) is 0 Å². The predicted molar refractivity (Wildman–Crippen MR) is 175 cm³/mol. The van der Waals surface area contributed by atoms with Gasteiger partial charge in [-0.05, 0) is 67.1 Å². The van der Waals surface area contributed by atoms with Crippen molar-refractivity contribution in [1.82, 2.24) is 16.0 Å². The van der Waals surface area contributed by atoms with Crippen molar-refractivity contribution in [3.63, 3.8) is 0 Å². The third-order valence-electron chi connectivity index (χ3n) is 7.56. The lowest BCUT2D eigenvalue weighted by Crippen LogP contribution is -2.45. The number of anilines is 1. The minimum Gasteiger partial charge on any atom is -0.463 e. The molecule has 13 nitrogen and oxygen atoms in total. The Labute approximate surface area is 281 Å². The largest absolute Gasteiger partial charge is 0.463 e. The predicted octanol–water partition coefficient (Wildman–Crippen LogP) is 3.02. The van der Waals surface area contributed by atoms with Crippen LogP contribution >= 0.6 is 0 Å². The molecule has 0 radical (unpaired) electrons. The zero-order valence-electron chi connectivity index (χ0n) is 29.0. The third-order valence-corrected chi connectivity index (χ3v) is 7.56. The number of ether oxygens (including phenoxy) is 1. The summed E-state index contributed by atoms with van der Waals surface area (Å²) in [5.74, 6) is -5.20. The second-order valence-electron chi connectivity index (χ2n) is 11.6. The molecule has 6 N–H and O–H groups in total. The van der Waals surface area contributed by atoms with Crippen LogP contribution in [-0.2, 0) is 35.3 Å². The molecule has 0 aliphatic heterocycles. The van der Waals surface area contributed by atoms with Gasteiger partial charge in [0, 0.05) is 57.3 Å². The average Bonchev–Trinajstić information content (AvgIpc) is 3.06. The summed E-state index contributed by atoms with van der Waals surface area (Å²) < 4.78 is 32.1. The molecule has 0 aromatic heterocycles. The van der Waals surface area contributed by atoms with E-state index < -0.39 is 72.5 Å². The van der Waals surface area contributed by atoms with Crippen LogP contribution < -0.4 is 27.0 Å². The molecule has 0 saturated carbocycles. The SMILES string of the molecule is [2H]CNC(=O)[C@H](CCC(=O)N[C@H](C(=O)C[C@@H](CCCNC(N)=O)C(=O)Nc1ccc(COC([2H])=O)cc1)C(C)C)CC(=O)c1ccc(F)cc1. The van der Waals surface area contributed by atoms with Crippen LogP contribution in [0.3, 0.4) is 0 Å². The summed E-state index contributed by atoms with van der Waals surface area (Å²) in [5, 5.41) is 10.2. The van der Waals surface area contributed by atoms with Crippen molar-refractivity contribution < 1.29 is 45.4 Å². The summed E-state index contributed by atoms with van der Waals surface area (Å²) in [6.45, 7) is 3.50. The molecule has 0 fully saturated rings. The van der Waals surface area contributed by atoms with Crippen molar-refractivity contribution in [2.24, 2.45) is 23.5 Å². The monoisotopic (exact) mass is 671 g/mol. The van der Waals surface area contributed by atoms with Gasteiger partial charge >= 0.3 is 6.03 Å². The number of ketones is 2. The van der Waals surface area contributed by atoms with Crippen molar-refractivity contribution in [3.05, 3.63) is 65.5 Å². The van der Waals surface area contributed by atoms with Gasteiger partial charge in [0.25, 0.3) is 6.45 Å². The average molecular weight is 672 g/mol. The van der Waals surface area contributed by atoms with Crippen molar-refractivity contribution >= 4 is 47.5 Å². The standard InChI is InChI=1S/C34H44FN5O8/c1-21(2)31(40-30(44)15-10-25(32(45)37-3)17-28(42)23-8-11-26(35)12-9-23)29(43)18-24(5-4-16-38-34(36)47)33(46)39-27-13-6-22(7-14-27)19-48-20-41/h6-9,11-14,20-21,24-25,31H,4-5,10,15-19H2,1-3H3,(H,37,45)(H,39,46)(H,40,44)(H3,36,38,47)/t24-,25-,31+/m1/s1/i3D,20D. The van der Waals surface area contributed by atoms with Gasteiger partial charge in [-0.2, -0.15) is 0 Å². The fourth-order valence-electron chi connectivity index (χ4n) is 4.91. The number of nitrogens with two attached hydrogens (primary N) is 1. The summed E-state index contributed by atoms with van der Waals surface area (Å²) in [4.78, 5) is 87.2. The van der Waals surface area contributed by atoms with Crippen LogP contribution in [0, 0.1) is 23.6 Å². The molecule has 0 saturated heterocycles. The van der Waals surface area contributed by atoms with Gasteiger partial charge in [0.1, 0.15) is 12.4 Å². The first-order chi connectivity index (χ1) is 23.7. The van der Waals surface area contributed by atoms with Gasteiger partial charge in [-0.3, -0.25) is 28.8 Å². The van der Waals surface area contributed by atoms with E-state index in [4.69, 9.17) is 8.48 Å². The molecule has 0 unspecified atom stereocenters. The summed E-state index contributed by atoms with van der Waals surface area (Å²) in [7, 11) is -0.432. The molecule has 2 aromatic carbocycles. The molecule has 5 amide bonds. The number of carbonyl (C=O) groups excluding carboxylic acids is 7. The Morgan fingerprint density at radius 1 is 0.958 bits per heavy atom. The van der Waals surface area contributed by atoms with Crippen LogP contribution in [0.5, 0.6) is 0 Å². The topological polar surface area (TPSA) is 203 Å². The van der Waals surface area contributed by atoms with Gasteiger partial charge in [0.15, 0.2) is 12.9 Å². The molecule has 2 rings (SSSR count). The Hall–Kier alpha value is -5.14. The maximum Gasteiger partial charge on any atom is 0.312 e. The number of amides is 5. The van der Waals surface area contributed by atoms with Gasteiger partial charge in [-0.15, -0.1) is 0 Å². The fourth-order valence-corrected chi connectivity index (χ4v) is 4.91. The number of nitrogens with one attached hydrogen (secondary N) is 4. The second kappa shape index (κ2) is 20.2. The number of hydrogen-bond donors (Lipinski definition) is 5. The van der Waals surface area contributed by atoms with E-state index in [-0.39, 0.29) is 56.7 Å². The zero-order chi connectivity index (χ0) is 37.2. The Bertz CT molecular complexity index is 1490. The molecular formula is C34H44FN5O8. The lowest BCUT2D eigenvalue weighted by Gasteiger charge is -2.24.